The first kappa shape index (κ1) is 19.9. The molecule has 138 valence electrons. The average molecular weight is 396 g/mol. The highest BCUT2D eigenvalue weighted by atomic mass is 35.5. The molecule has 0 aromatic heterocycles. The van der Waals surface area contributed by atoms with Crippen LogP contribution in [0.3, 0.4) is 0 Å². The Bertz CT molecular complexity index is 892. The summed E-state index contributed by atoms with van der Waals surface area (Å²) < 4.78 is 29.8. The van der Waals surface area contributed by atoms with E-state index in [1.807, 2.05) is 0 Å². The monoisotopic (exact) mass is 395 g/mol. The van der Waals surface area contributed by atoms with Crippen LogP contribution in [0.5, 0.6) is 0 Å². The lowest BCUT2D eigenvalue weighted by Crippen LogP contribution is -2.25. The van der Waals surface area contributed by atoms with E-state index >= 15 is 0 Å². The van der Waals surface area contributed by atoms with E-state index < -0.39 is 22.1 Å². The number of ether oxygens (including phenoxy) is 1. The number of esters is 1. The van der Waals surface area contributed by atoms with Gasteiger partial charge in [0.25, 0.3) is 0 Å². The first-order chi connectivity index (χ1) is 12.1. The van der Waals surface area contributed by atoms with Gasteiger partial charge in [0.2, 0.25) is 15.8 Å². The lowest BCUT2D eigenvalue weighted by molar-refractivity contribution is -0.145. The zero-order valence-electron chi connectivity index (χ0n) is 14.2. The van der Waals surface area contributed by atoms with Gasteiger partial charge in [0, 0.05) is 16.3 Å². The van der Waals surface area contributed by atoms with Gasteiger partial charge in [-0.3, -0.25) is 14.3 Å². The van der Waals surface area contributed by atoms with Gasteiger partial charge in [-0.15, -0.1) is 0 Å². The van der Waals surface area contributed by atoms with Crippen LogP contribution < -0.4 is 4.72 Å². The van der Waals surface area contributed by atoms with Crippen LogP contribution in [0.25, 0.3) is 0 Å². The third-order valence-electron chi connectivity index (χ3n) is 3.41. The van der Waals surface area contributed by atoms with Crippen molar-refractivity contribution in [3.63, 3.8) is 0 Å². The van der Waals surface area contributed by atoms with Gasteiger partial charge in [0.15, 0.2) is 6.10 Å². The number of benzene rings is 2. The summed E-state index contributed by atoms with van der Waals surface area (Å²) in [6.07, 6.45) is 0.115. The number of hydrogen-bond acceptors (Lipinski definition) is 5. The van der Waals surface area contributed by atoms with Crippen LogP contribution in [0.2, 0.25) is 5.02 Å². The van der Waals surface area contributed by atoms with Crippen LogP contribution in [-0.2, 0) is 26.0 Å². The largest absolute Gasteiger partial charge is 0.454 e. The molecule has 0 amide bonds. The minimum absolute atomic E-state index is 0.0337. The van der Waals surface area contributed by atoms with Crippen molar-refractivity contribution in [1.82, 2.24) is 0 Å². The van der Waals surface area contributed by atoms with Gasteiger partial charge in [-0.05, 0) is 48.9 Å². The topological polar surface area (TPSA) is 89.5 Å². The molecule has 0 unspecified atom stereocenters. The van der Waals surface area contributed by atoms with Crippen molar-refractivity contribution in [2.75, 3.05) is 11.0 Å². The maximum Gasteiger partial charge on any atom is 0.310 e. The lowest BCUT2D eigenvalue weighted by atomic mass is 10.1. The molecule has 0 radical (unpaired) electrons. The molecule has 0 aliphatic carbocycles. The lowest BCUT2D eigenvalue weighted by Gasteiger charge is -2.13. The van der Waals surface area contributed by atoms with E-state index in [4.69, 9.17) is 16.3 Å². The summed E-state index contributed by atoms with van der Waals surface area (Å²) >= 11 is 5.79. The molecular weight excluding hydrogens is 378 g/mol. The molecule has 0 saturated heterocycles. The van der Waals surface area contributed by atoms with E-state index in [-0.39, 0.29) is 12.2 Å². The summed E-state index contributed by atoms with van der Waals surface area (Å²) in [6, 6.07) is 12.6. The number of rotatable bonds is 7. The van der Waals surface area contributed by atoms with Gasteiger partial charge in [-0.25, -0.2) is 8.42 Å². The van der Waals surface area contributed by atoms with E-state index in [9.17, 15) is 18.0 Å². The van der Waals surface area contributed by atoms with E-state index in [0.29, 0.717) is 16.3 Å². The summed E-state index contributed by atoms with van der Waals surface area (Å²) in [5.41, 5.74) is 1.39. The third kappa shape index (κ3) is 6.16. The quantitative estimate of drug-likeness (QED) is 0.574. The Balaban J connectivity index is 1.95. The third-order valence-corrected chi connectivity index (χ3v) is 4.27. The smallest absolute Gasteiger partial charge is 0.310 e. The Kier molecular flexibility index (Phi) is 6.39. The van der Waals surface area contributed by atoms with Crippen LogP contribution in [0.15, 0.2) is 48.5 Å². The molecule has 0 spiro atoms. The van der Waals surface area contributed by atoms with E-state index in [0.717, 1.165) is 11.8 Å². The second-order valence-corrected chi connectivity index (χ2v) is 7.94. The van der Waals surface area contributed by atoms with Crippen LogP contribution in [0.1, 0.15) is 22.8 Å². The van der Waals surface area contributed by atoms with Crippen molar-refractivity contribution < 1.29 is 22.7 Å². The number of halogens is 1. The van der Waals surface area contributed by atoms with E-state index in [1.165, 1.54) is 31.2 Å². The molecule has 1 N–H and O–H groups in total. The predicted octanol–water partition coefficient (Wildman–Crippen LogP) is 3.07. The fourth-order valence-corrected chi connectivity index (χ4v) is 2.90. The molecule has 2 rings (SSSR count). The van der Waals surface area contributed by atoms with Crippen LogP contribution in [-0.4, -0.2) is 32.5 Å². The second-order valence-electron chi connectivity index (χ2n) is 5.75. The zero-order valence-corrected chi connectivity index (χ0v) is 15.8. The summed E-state index contributed by atoms with van der Waals surface area (Å²) in [5.74, 6) is -0.899. The molecule has 1 atom stereocenters. The van der Waals surface area contributed by atoms with Crippen molar-refractivity contribution in [3.8, 4) is 0 Å². The molecule has 0 aliphatic heterocycles. The molecule has 8 heteroatoms. The van der Waals surface area contributed by atoms with Crippen molar-refractivity contribution in [2.45, 2.75) is 19.4 Å². The van der Waals surface area contributed by atoms with Gasteiger partial charge >= 0.3 is 5.97 Å². The molecule has 0 saturated carbocycles. The summed E-state index contributed by atoms with van der Waals surface area (Å²) in [6.45, 7) is 1.49. The van der Waals surface area contributed by atoms with Crippen molar-refractivity contribution in [3.05, 3.63) is 64.7 Å². The molecule has 0 bridgehead atoms. The summed E-state index contributed by atoms with van der Waals surface area (Å²) in [4.78, 5) is 24.3. The Morgan fingerprint density at radius 1 is 1.08 bits per heavy atom. The summed E-state index contributed by atoms with van der Waals surface area (Å²) in [5, 5.41) is 0.569. The first-order valence-corrected chi connectivity index (χ1v) is 9.97. The van der Waals surface area contributed by atoms with Gasteiger partial charge in [-0.2, -0.15) is 0 Å². The number of ketones is 1. The van der Waals surface area contributed by atoms with Crippen LogP contribution in [0.4, 0.5) is 5.69 Å². The Hall–Kier alpha value is -2.38. The molecule has 0 heterocycles. The SMILES string of the molecule is C[C@H](OC(=O)Cc1ccc(Cl)cc1)C(=O)c1ccc(NS(C)(=O)=O)cc1. The molecular formula is C18H18ClNO5S. The van der Waals surface area contributed by atoms with E-state index in [1.54, 1.807) is 24.3 Å². The predicted molar refractivity (Wildman–Crippen MR) is 99.9 cm³/mol. The molecule has 26 heavy (non-hydrogen) atoms. The fraction of sp³-hybridized carbons (Fsp3) is 0.222. The van der Waals surface area contributed by atoms with E-state index in [2.05, 4.69) is 4.72 Å². The average Bonchev–Trinajstić information content (AvgIpc) is 2.55. The second kappa shape index (κ2) is 8.33. The number of Topliss-reactive ketones (excluding diaryl/α,β-unsaturated/α-hetero) is 1. The molecule has 0 aliphatic rings. The van der Waals surface area contributed by atoms with Gasteiger partial charge in [0.05, 0.1) is 12.7 Å². The maximum atomic E-state index is 12.3. The van der Waals surface area contributed by atoms with Crippen LogP contribution in [0, 0.1) is 0 Å². The Morgan fingerprint density at radius 3 is 2.19 bits per heavy atom. The molecule has 0 fully saturated rings. The van der Waals surface area contributed by atoms with Gasteiger partial charge < -0.3 is 4.74 Å². The first-order valence-electron chi connectivity index (χ1n) is 7.70. The summed E-state index contributed by atoms with van der Waals surface area (Å²) in [7, 11) is -3.39. The van der Waals surface area contributed by atoms with Gasteiger partial charge in [0.1, 0.15) is 0 Å². The fourth-order valence-electron chi connectivity index (χ4n) is 2.21. The van der Waals surface area contributed by atoms with Gasteiger partial charge in [-0.1, -0.05) is 23.7 Å². The number of carbonyl (C=O) groups excluding carboxylic acids is 2. The Morgan fingerprint density at radius 2 is 1.65 bits per heavy atom. The molecule has 6 nitrogen and oxygen atoms in total. The van der Waals surface area contributed by atoms with Crippen molar-refractivity contribution in [1.29, 1.82) is 0 Å². The highest BCUT2D eigenvalue weighted by molar-refractivity contribution is 7.92. The number of anilines is 1. The van der Waals surface area contributed by atoms with Crippen LogP contribution >= 0.6 is 11.6 Å². The molecule has 2 aromatic rings. The number of hydrogen-bond donors (Lipinski definition) is 1. The molecule has 2 aromatic carbocycles. The van der Waals surface area contributed by atoms with Crippen molar-refractivity contribution >= 4 is 39.1 Å². The highest BCUT2D eigenvalue weighted by Crippen LogP contribution is 2.14. The minimum atomic E-state index is -3.39. The minimum Gasteiger partial charge on any atom is -0.454 e. The van der Waals surface area contributed by atoms with Crippen molar-refractivity contribution in [2.24, 2.45) is 0 Å². The maximum absolute atomic E-state index is 12.3. The number of carbonyl (C=O) groups is 2. The number of nitrogens with one attached hydrogen (secondary N) is 1. The normalized spacial score (nSPS) is 12.3. The zero-order chi connectivity index (χ0) is 19.3. The number of sulfonamides is 1. The Labute approximate surface area is 157 Å². The highest BCUT2D eigenvalue weighted by Gasteiger charge is 2.19. The standard InChI is InChI=1S/C18H18ClNO5S/c1-12(25-17(21)11-13-3-7-15(19)8-4-13)18(22)14-5-9-16(10-6-14)20-26(2,23)24/h3-10,12,20H,11H2,1-2H3/t12-/m0/s1.